The van der Waals surface area contributed by atoms with Gasteiger partial charge in [0.2, 0.25) is 0 Å². The second kappa shape index (κ2) is 5.79. The summed E-state index contributed by atoms with van der Waals surface area (Å²) in [7, 11) is 3.04. The highest BCUT2D eigenvalue weighted by Gasteiger charge is 2.21. The Kier molecular flexibility index (Phi) is 4.67. The SMILES string of the molecule is COc1ccc(C(NN)C(C)OC)c(F)c1. The number of nitrogens with two attached hydrogens (primary N) is 1. The van der Waals surface area contributed by atoms with Crippen LogP contribution in [-0.4, -0.2) is 20.3 Å². The van der Waals surface area contributed by atoms with Crippen molar-refractivity contribution in [2.75, 3.05) is 14.2 Å². The van der Waals surface area contributed by atoms with Gasteiger partial charge in [-0.1, -0.05) is 6.07 Å². The van der Waals surface area contributed by atoms with Gasteiger partial charge >= 0.3 is 0 Å². The van der Waals surface area contributed by atoms with Gasteiger partial charge in [-0.2, -0.15) is 0 Å². The van der Waals surface area contributed by atoms with Gasteiger partial charge in [-0.25, -0.2) is 4.39 Å². The molecule has 0 heterocycles. The first-order chi connectivity index (χ1) is 7.63. The fraction of sp³-hybridized carbons (Fsp3) is 0.455. The highest BCUT2D eigenvalue weighted by molar-refractivity contribution is 5.31. The van der Waals surface area contributed by atoms with Crippen molar-refractivity contribution in [3.05, 3.63) is 29.6 Å². The first kappa shape index (κ1) is 12.9. The molecule has 0 saturated heterocycles. The molecule has 0 aliphatic heterocycles. The first-order valence-electron chi connectivity index (χ1n) is 4.96. The Labute approximate surface area is 94.5 Å². The van der Waals surface area contributed by atoms with Crippen LogP contribution in [-0.2, 0) is 4.74 Å². The van der Waals surface area contributed by atoms with E-state index in [1.165, 1.54) is 13.2 Å². The van der Waals surface area contributed by atoms with Crippen LogP contribution in [0.1, 0.15) is 18.5 Å². The van der Waals surface area contributed by atoms with Crippen LogP contribution in [0.2, 0.25) is 0 Å². The summed E-state index contributed by atoms with van der Waals surface area (Å²) in [5.41, 5.74) is 3.00. The van der Waals surface area contributed by atoms with Gasteiger partial charge in [0.15, 0.2) is 0 Å². The van der Waals surface area contributed by atoms with Crippen molar-refractivity contribution in [1.29, 1.82) is 0 Å². The van der Waals surface area contributed by atoms with Crippen LogP contribution in [0, 0.1) is 5.82 Å². The third kappa shape index (κ3) is 2.69. The number of hydrazine groups is 1. The van der Waals surface area contributed by atoms with E-state index in [4.69, 9.17) is 15.3 Å². The second-order valence-corrected chi connectivity index (χ2v) is 3.47. The molecule has 0 saturated carbocycles. The minimum absolute atomic E-state index is 0.229. The van der Waals surface area contributed by atoms with E-state index in [2.05, 4.69) is 5.43 Å². The van der Waals surface area contributed by atoms with Gasteiger partial charge in [-0.3, -0.25) is 11.3 Å². The number of methoxy groups -OCH3 is 2. The summed E-state index contributed by atoms with van der Waals surface area (Å²) >= 11 is 0. The van der Waals surface area contributed by atoms with Gasteiger partial charge in [-0.05, 0) is 13.0 Å². The van der Waals surface area contributed by atoms with Gasteiger partial charge in [-0.15, -0.1) is 0 Å². The third-order valence-electron chi connectivity index (χ3n) is 2.56. The Morgan fingerprint density at radius 2 is 2.06 bits per heavy atom. The van der Waals surface area contributed by atoms with Crippen LogP contribution in [0.25, 0.3) is 0 Å². The van der Waals surface area contributed by atoms with Crippen molar-refractivity contribution < 1.29 is 13.9 Å². The van der Waals surface area contributed by atoms with Crippen molar-refractivity contribution >= 4 is 0 Å². The van der Waals surface area contributed by atoms with Crippen LogP contribution in [0.15, 0.2) is 18.2 Å². The van der Waals surface area contributed by atoms with Gasteiger partial charge < -0.3 is 9.47 Å². The van der Waals surface area contributed by atoms with Crippen molar-refractivity contribution in [1.82, 2.24) is 5.43 Å². The number of ether oxygens (including phenoxy) is 2. The molecule has 90 valence electrons. The molecule has 1 aromatic rings. The summed E-state index contributed by atoms with van der Waals surface area (Å²) in [4.78, 5) is 0. The predicted octanol–water partition coefficient (Wildman–Crippen LogP) is 1.37. The lowest BCUT2D eigenvalue weighted by atomic mass is 10.0. The average molecular weight is 228 g/mol. The molecule has 0 radical (unpaired) electrons. The monoisotopic (exact) mass is 228 g/mol. The fourth-order valence-corrected chi connectivity index (χ4v) is 1.50. The van der Waals surface area contributed by atoms with E-state index < -0.39 is 6.04 Å². The normalized spacial score (nSPS) is 14.6. The molecule has 1 rings (SSSR count). The minimum atomic E-state index is -0.393. The van der Waals surface area contributed by atoms with Crippen molar-refractivity contribution in [3.63, 3.8) is 0 Å². The molecule has 16 heavy (non-hydrogen) atoms. The first-order valence-corrected chi connectivity index (χ1v) is 4.96. The van der Waals surface area contributed by atoms with Gasteiger partial charge in [0.1, 0.15) is 11.6 Å². The number of benzene rings is 1. The van der Waals surface area contributed by atoms with Crippen LogP contribution in [0.5, 0.6) is 5.75 Å². The van der Waals surface area contributed by atoms with E-state index >= 15 is 0 Å². The smallest absolute Gasteiger partial charge is 0.131 e. The maximum absolute atomic E-state index is 13.7. The number of halogens is 1. The third-order valence-corrected chi connectivity index (χ3v) is 2.56. The van der Waals surface area contributed by atoms with Crippen LogP contribution < -0.4 is 16.0 Å². The molecule has 0 aromatic heterocycles. The standard InChI is InChI=1S/C11H17FN2O2/c1-7(15-2)11(14-13)9-5-4-8(16-3)6-10(9)12/h4-7,11,14H,13H2,1-3H3. The molecule has 0 aliphatic carbocycles. The highest BCUT2D eigenvalue weighted by Crippen LogP contribution is 2.24. The number of nitrogens with one attached hydrogen (secondary N) is 1. The second-order valence-electron chi connectivity index (χ2n) is 3.47. The lowest BCUT2D eigenvalue weighted by molar-refractivity contribution is 0.0818. The van der Waals surface area contributed by atoms with Crippen LogP contribution in [0.4, 0.5) is 4.39 Å². The minimum Gasteiger partial charge on any atom is -0.497 e. The molecular weight excluding hydrogens is 211 g/mol. The highest BCUT2D eigenvalue weighted by atomic mass is 19.1. The average Bonchev–Trinajstić information content (AvgIpc) is 2.31. The number of rotatable bonds is 5. The molecule has 4 nitrogen and oxygen atoms in total. The number of hydrogen-bond acceptors (Lipinski definition) is 4. The summed E-state index contributed by atoms with van der Waals surface area (Å²) in [5, 5.41) is 0. The zero-order valence-electron chi connectivity index (χ0n) is 9.66. The van der Waals surface area contributed by atoms with E-state index in [9.17, 15) is 4.39 Å². The molecule has 0 aliphatic rings. The van der Waals surface area contributed by atoms with Crippen LogP contribution >= 0.6 is 0 Å². The van der Waals surface area contributed by atoms with E-state index in [1.807, 2.05) is 6.92 Å². The molecule has 1 aromatic carbocycles. The molecule has 0 fully saturated rings. The summed E-state index contributed by atoms with van der Waals surface area (Å²) in [5.74, 6) is 5.50. The van der Waals surface area contributed by atoms with Gasteiger partial charge in [0.25, 0.3) is 0 Å². The Hall–Kier alpha value is -1.17. The van der Waals surface area contributed by atoms with Crippen molar-refractivity contribution in [2.24, 2.45) is 5.84 Å². The Morgan fingerprint density at radius 3 is 2.50 bits per heavy atom. The predicted molar refractivity (Wildman–Crippen MR) is 59.5 cm³/mol. The molecule has 0 spiro atoms. The fourth-order valence-electron chi connectivity index (χ4n) is 1.50. The van der Waals surface area contributed by atoms with Gasteiger partial charge in [0, 0.05) is 18.7 Å². The zero-order valence-corrected chi connectivity index (χ0v) is 9.66. The maximum atomic E-state index is 13.7. The molecule has 2 atom stereocenters. The van der Waals surface area contributed by atoms with E-state index in [-0.39, 0.29) is 11.9 Å². The van der Waals surface area contributed by atoms with Crippen molar-refractivity contribution in [2.45, 2.75) is 19.1 Å². The van der Waals surface area contributed by atoms with E-state index in [0.29, 0.717) is 11.3 Å². The van der Waals surface area contributed by atoms with E-state index in [0.717, 1.165) is 0 Å². The summed E-state index contributed by atoms with van der Waals surface area (Å²) < 4.78 is 23.8. The quantitative estimate of drug-likeness (QED) is 0.590. The summed E-state index contributed by atoms with van der Waals surface area (Å²) in [6.45, 7) is 1.81. The topological polar surface area (TPSA) is 56.5 Å². The Balaban J connectivity index is 3.01. The van der Waals surface area contributed by atoms with Crippen LogP contribution in [0.3, 0.4) is 0 Å². The summed E-state index contributed by atoms with van der Waals surface area (Å²) in [6.07, 6.45) is -0.229. The largest absolute Gasteiger partial charge is 0.497 e. The molecule has 3 N–H and O–H groups in total. The number of hydrogen-bond donors (Lipinski definition) is 2. The molecule has 0 bridgehead atoms. The lowest BCUT2D eigenvalue weighted by Gasteiger charge is -2.23. The lowest BCUT2D eigenvalue weighted by Crippen LogP contribution is -2.36. The zero-order chi connectivity index (χ0) is 12.1. The molecule has 5 heteroatoms. The summed E-state index contributed by atoms with van der Waals surface area (Å²) in [6, 6.07) is 4.25. The molecule has 2 unspecified atom stereocenters. The van der Waals surface area contributed by atoms with Crippen molar-refractivity contribution in [3.8, 4) is 5.75 Å². The Bertz CT molecular complexity index is 347. The molecular formula is C11H17FN2O2. The Morgan fingerprint density at radius 1 is 1.38 bits per heavy atom. The van der Waals surface area contributed by atoms with Gasteiger partial charge in [0.05, 0.1) is 19.3 Å². The molecule has 0 amide bonds. The maximum Gasteiger partial charge on any atom is 0.131 e. The van der Waals surface area contributed by atoms with E-state index in [1.54, 1.807) is 19.2 Å².